The molecule has 12 aromatic rings. The van der Waals surface area contributed by atoms with Crippen LogP contribution in [0.25, 0.3) is 116 Å². The Bertz CT molecular complexity index is 3420. The maximum atomic E-state index is 6.45. The fourth-order valence-electron chi connectivity index (χ4n) is 8.95. The van der Waals surface area contributed by atoms with Crippen molar-refractivity contribution in [3.8, 4) is 39.3 Å². The van der Waals surface area contributed by atoms with E-state index in [1.54, 1.807) is 0 Å². The van der Waals surface area contributed by atoms with Gasteiger partial charge in [-0.25, -0.2) is 0 Å². The molecule has 0 amide bonds. The van der Waals surface area contributed by atoms with Crippen LogP contribution in [-0.2, 0) is 0 Å². The molecular formula is C52H31NO2. The van der Waals surface area contributed by atoms with Gasteiger partial charge in [0.25, 0.3) is 0 Å². The zero-order valence-corrected chi connectivity index (χ0v) is 29.7. The lowest BCUT2D eigenvalue weighted by atomic mass is 9.85. The minimum atomic E-state index is 0.820. The summed E-state index contributed by atoms with van der Waals surface area (Å²) in [5.74, 6) is 0.854. The normalized spacial score (nSPS) is 12.0. The van der Waals surface area contributed by atoms with Crippen molar-refractivity contribution in [1.82, 2.24) is 4.57 Å². The van der Waals surface area contributed by atoms with Gasteiger partial charge in [-0.3, -0.25) is 0 Å². The van der Waals surface area contributed by atoms with Crippen LogP contribution in [0.4, 0.5) is 0 Å². The standard InChI is InChI=1S/C52H31NO2/c1-3-13-32(14-4-1)48-30-35-29-44-43-28-34(24-26-47(43)54-50(44)31-49(35)55-48)52-40-20-9-7-18-38(40)51(39-19-8-10-21-41(39)52)33-23-25-46-42(27-33)37-17-11-12-22-45(37)53(46)36-15-5-2-6-16-36/h1-31H. The lowest BCUT2D eigenvalue weighted by molar-refractivity contribution is 0.628. The highest BCUT2D eigenvalue weighted by Crippen LogP contribution is 2.46. The number of para-hydroxylation sites is 2. The fraction of sp³-hybridized carbons (Fsp3) is 0. The van der Waals surface area contributed by atoms with Crippen LogP contribution in [0.2, 0.25) is 0 Å². The molecule has 0 aliphatic rings. The Hall–Kier alpha value is -7.36. The van der Waals surface area contributed by atoms with Gasteiger partial charge in [-0.05, 0) is 98.4 Å². The van der Waals surface area contributed by atoms with Crippen LogP contribution >= 0.6 is 0 Å². The topological polar surface area (TPSA) is 31.2 Å². The van der Waals surface area contributed by atoms with Gasteiger partial charge < -0.3 is 13.4 Å². The monoisotopic (exact) mass is 701 g/mol. The van der Waals surface area contributed by atoms with Crippen LogP contribution in [-0.4, -0.2) is 4.57 Å². The van der Waals surface area contributed by atoms with E-state index >= 15 is 0 Å². The number of aromatic nitrogens is 1. The van der Waals surface area contributed by atoms with Crippen molar-refractivity contribution >= 4 is 76.3 Å². The highest BCUT2D eigenvalue weighted by molar-refractivity contribution is 6.23. The molecule has 3 nitrogen and oxygen atoms in total. The molecule has 3 heteroatoms. The van der Waals surface area contributed by atoms with Gasteiger partial charge >= 0.3 is 0 Å². The Morgan fingerprint density at radius 3 is 1.55 bits per heavy atom. The summed E-state index contributed by atoms with van der Waals surface area (Å²) < 4.78 is 15.1. The summed E-state index contributed by atoms with van der Waals surface area (Å²) in [7, 11) is 0. The van der Waals surface area contributed by atoms with E-state index in [9.17, 15) is 0 Å². The fourth-order valence-corrected chi connectivity index (χ4v) is 8.95. The van der Waals surface area contributed by atoms with Gasteiger partial charge in [-0.1, -0.05) is 127 Å². The summed E-state index contributed by atoms with van der Waals surface area (Å²) in [4.78, 5) is 0. The molecule has 0 aliphatic heterocycles. The Kier molecular flexibility index (Phi) is 6.34. The third kappa shape index (κ3) is 4.50. The van der Waals surface area contributed by atoms with Crippen molar-refractivity contribution in [1.29, 1.82) is 0 Å². The van der Waals surface area contributed by atoms with Crippen LogP contribution in [0.15, 0.2) is 197 Å². The highest BCUT2D eigenvalue weighted by Gasteiger charge is 2.20. The van der Waals surface area contributed by atoms with Crippen LogP contribution in [0.1, 0.15) is 0 Å². The van der Waals surface area contributed by atoms with Crippen LogP contribution in [0.3, 0.4) is 0 Å². The molecule has 0 atom stereocenters. The van der Waals surface area contributed by atoms with Gasteiger partial charge in [0, 0.05) is 44.2 Å². The summed E-state index contributed by atoms with van der Waals surface area (Å²) in [5.41, 5.74) is 12.0. The molecule has 9 aromatic carbocycles. The van der Waals surface area contributed by atoms with E-state index in [1.807, 2.05) is 24.3 Å². The number of fused-ring (bicyclic) bond motifs is 9. The van der Waals surface area contributed by atoms with Gasteiger partial charge in [-0.2, -0.15) is 0 Å². The molecular weight excluding hydrogens is 671 g/mol. The Labute approximate surface area is 315 Å². The minimum Gasteiger partial charge on any atom is -0.456 e. The van der Waals surface area contributed by atoms with Gasteiger partial charge in [0.15, 0.2) is 0 Å². The van der Waals surface area contributed by atoms with E-state index in [1.165, 1.54) is 60.0 Å². The van der Waals surface area contributed by atoms with E-state index in [4.69, 9.17) is 8.83 Å². The summed E-state index contributed by atoms with van der Waals surface area (Å²) in [6.07, 6.45) is 0. The maximum absolute atomic E-state index is 6.45. The van der Waals surface area contributed by atoms with E-state index in [-0.39, 0.29) is 0 Å². The average molecular weight is 702 g/mol. The first-order valence-corrected chi connectivity index (χ1v) is 18.7. The predicted octanol–water partition coefficient (Wildman–Crippen LogP) is 14.7. The third-order valence-corrected chi connectivity index (χ3v) is 11.4. The molecule has 0 saturated heterocycles. The number of furan rings is 2. The average Bonchev–Trinajstić information content (AvgIpc) is 3.93. The minimum absolute atomic E-state index is 0.820. The highest BCUT2D eigenvalue weighted by atomic mass is 16.3. The van der Waals surface area contributed by atoms with Crippen molar-refractivity contribution in [2.45, 2.75) is 0 Å². The first-order chi connectivity index (χ1) is 27.3. The maximum Gasteiger partial charge on any atom is 0.139 e. The first-order valence-electron chi connectivity index (χ1n) is 18.7. The Balaban J connectivity index is 1.07. The Morgan fingerprint density at radius 2 is 0.855 bits per heavy atom. The van der Waals surface area contributed by atoms with Crippen molar-refractivity contribution in [3.05, 3.63) is 188 Å². The molecule has 0 unspecified atom stereocenters. The quantitative estimate of drug-likeness (QED) is 0.171. The smallest absolute Gasteiger partial charge is 0.139 e. The molecule has 3 heterocycles. The number of rotatable bonds is 4. The molecule has 3 aromatic heterocycles. The molecule has 0 saturated carbocycles. The summed E-state index contributed by atoms with van der Waals surface area (Å²) in [6, 6.07) is 67.4. The van der Waals surface area contributed by atoms with E-state index in [0.717, 1.165) is 55.5 Å². The molecule has 0 spiro atoms. The molecule has 256 valence electrons. The first kappa shape index (κ1) is 30.1. The largest absolute Gasteiger partial charge is 0.456 e. The van der Waals surface area contributed by atoms with Crippen LogP contribution < -0.4 is 0 Å². The van der Waals surface area contributed by atoms with Gasteiger partial charge in [0.2, 0.25) is 0 Å². The van der Waals surface area contributed by atoms with Crippen molar-refractivity contribution < 1.29 is 8.83 Å². The van der Waals surface area contributed by atoms with Crippen LogP contribution in [0.5, 0.6) is 0 Å². The van der Waals surface area contributed by atoms with E-state index in [2.05, 4.69) is 168 Å². The summed E-state index contributed by atoms with van der Waals surface area (Å²) >= 11 is 0. The zero-order chi connectivity index (χ0) is 36.0. The summed E-state index contributed by atoms with van der Waals surface area (Å²) in [6.45, 7) is 0. The second-order valence-electron chi connectivity index (χ2n) is 14.4. The van der Waals surface area contributed by atoms with Crippen molar-refractivity contribution in [3.63, 3.8) is 0 Å². The molecule has 0 N–H and O–H groups in total. The number of nitrogens with zero attached hydrogens (tertiary/aromatic N) is 1. The molecule has 0 aliphatic carbocycles. The van der Waals surface area contributed by atoms with Crippen LogP contribution in [0, 0.1) is 0 Å². The molecule has 0 radical (unpaired) electrons. The molecule has 0 bridgehead atoms. The van der Waals surface area contributed by atoms with Gasteiger partial charge in [-0.15, -0.1) is 0 Å². The summed E-state index contributed by atoms with van der Waals surface area (Å²) in [5, 5.41) is 10.6. The Morgan fingerprint density at radius 1 is 0.309 bits per heavy atom. The second-order valence-corrected chi connectivity index (χ2v) is 14.4. The third-order valence-electron chi connectivity index (χ3n) is 11.4. The number of benzene rings is 9. The van der Waals surface area contributed by atoms with Crippen molar-refractivity contribution in [2.75, 3.05) is 0 Å². The predicted molar refractivity (Wildman–Crippen MR) is 229 cm³/mol. The number of hydrogen-bond donors (Lipinski definition) is 0. The molecule has 55 heavy (non-hydrogen) atoms. The number of hydrogen-bond acceptors (Lipinski definition) is 2. The van der Waals surface area contributed by atoms with E-state index < -0.39 is 0 Å². The van der Waals surface area contributed by atoms with Gasteiger partial charge in [0.1, 0.15) is 22.5 Å². The van der Waals surface area contributed by atoms with E-state index in [0.29, 0.717) is 0 Å². The second kappa shape index (κ2) is 11.6. The SMILES string of the molecule is c1ccc(-c2cc3cc4c(cc3o2)oc2ccc(-c3c5ccccc5c(-c5ccc6c(c5)c5ccccc5n6-c5ccccc5)c5ccccc35)cc24)cc1. The van der Waals surface area contributed by atoms with Crippen molar-refractivity contribution in [2.24, 2.45) is 0 Å². The van der Waals surface area contributed by atoms with Gasteiger partial charge in [0.05, 0.1) is 11.0 Å². The lowest BCUT2D eigenvalue weighted by Gasteiger charge is -2.18. The lowest BCUT2D eigenvalue weighted by Crippen LogP contribution is -1.93. The molecule has 12 rings (SSSR count). The molecule has 0 fully saturated rings. The zero-order valence-electron chi connectivity index (χ0n) is 29.7.